The summed E-state index contributed by atoms with van der Waals surface area (Å²) in [7, 11) is 0. The fourth-order valence-electron chi connectivity index (χ4n) is 2.20. The van der Waals surface area contributed by atoms with E-state index in [4.69, 9.17) is 9.47 Å². The van der Waals surface area contributed by atoms with Crippen molar-refractivity contribution < 1.29 is 9.47 Å². The van der Waals surface area contributed by atoms with E-state index in [-0.39, 0.29) is 0 Å². The van der Waals surface area contributed by atoms with Crippen LogP contribution >= 0.6 is 0 Å². The SMILES string of the molecule is c1cc2c(cc1N[C@H]1CCCNC1)OCO2. The summed E-state index contributed by atoms with van der Waals surface area (Å²) in [5.74, 6) is 1.68. The second kappa shape index (κ2) is 4.22. The lowest BCUT2D eigenvalue weighted by atomic mass is 10.1. The smallest absolute Gasteiger partial charge is 0.231 e. The van der Waals surface area contributed by atoms with Crippen molar-refractivity contribution in [2.75, 3.05) is 25.2 Å². The molecule has 2 aliphatic rings. The minimum absolute atomic E-state index is 0.337. The van der Waals surface area contributed by atoms with Gasteiger partial charge in [0.25, 0.3) is 0 Å². The van der Waals surface area contributed by atoms with Crippen LogP contribution in [-0.4, -0.2) is 25.9 Å². The minimum atomic E-state index is 0.337. The molecule has 4 heteroatoms. The molecule has 0 radical (unpaired) electrons. The molecule has 0 aliphatic carbocycles. The van der Waals surface area contributed by atoms with Gasteiger partial charge < -0.3 is 20.1 Å². The van der Waals surface area contributed by atoms with Gasteiger partial charge in [-0.1, -0.05) is 0 Å². The zero-order chi connectivity index (χ0) is 10.8. The number of rotatable bonds is 2. The lowest BCUT2D eigenvalue weighted by Gasteiger charge is -2.24. The quantitative estimate of drug-likeness (QED) is 0.794. The molecule has 1 atom stereocenters. The molecule has 0 bridgehead atoms. The number of fused-ring (bicyclic) bond motifs is 1. The van der Waals surface area contributed by atoms with Crippen LogP contribution in [0, 0.1) is 0 Å². The number of hydrogen-bond donors (Lipinski definition) is 2. The molecule has 4 nitrogen and oxygen atoms in total. The van der Waals surface area contributed by atoms with Crippen molar-refractivity contribution >= 4 is 5.69 Å². The topological polar surface area (TPSA) is 42.5 Å². The second-order valence-electron chi connectivity index (χ2n) is 4.26. The van der Waals surface area contributed by atoms with Gasteiger partial charge in [0.2, 0.25) is 6.79 Å². The van der Waals surface area contributed by atoms with Gasteiger partial charge in [-0.3, -0.25) is 0 Å². The average molecular weight is 220 g/mol. The maximum atomic E-state index is 5.35. The first-order valence-corrected chi connectivity index (χ1v) is 5.79. The van der Waals surface area contributed by atoms with Crippen molar-refractivity contribution in [1.29, 1.82) is 0 Å². The first-order valence-electron chi connectivity index (χ1n) is 5.79. The van der Waals surface area contributed by atoms with Crippen LogP contribution in [0.25, 0.3) is 0 Å². The first kappa shape index (κ1) is 9.78. The maximum absolute atomic E-state index is 5.35. The highest BCUT2D eigenvalue weighted by Crippen LogP contribution is 2.34. The Balaban J connectivity index is 1.69. The normalized spacial score (nSPS) is 23.1. The zero-order valence-corrected chi connectivity index (χ0v) is 9.16. The molecule has 0 aromatic heterocycles. The number of hydrogen-bond acceptors (Lipinski definition) is 4. The van der Waals surface area contributed by atoms with Gasteiger partial charge in [-0.05, 0) is 31.5 Å². The molecular formula is C12H16N2O2. The minimum Gasteiger partial charge on any atom is -0.454 e. The van der Waals surface area contributed by atoms with Gasteiger partial charge in [0.1, 0.15) is 0 Å². The summed E-state index contributed by atoms with van der Waals surface area (Å²) in [4.78, 5) is 0. The third kappa shape index (κ3) is 1.93. The van der Waals surface area contributed by atoms with Gasteiger partial charge in [-0.25, -0.2) is 0 Å². The van der Waals surface area contributed by atoms with E-state index in [0.717, 1.165) is 30.3 Å². The van der Waals surface area contributed by atoms with Gasteiger partial charge in [0.05, 0.1) is 0 Å². The Morgan fingerprint density at radius 1 is 1.25 bits per heavy atom. The van der Waals surface area contributed by atoms with Crippen LogP contribution in [0.1, 0.15) is 12.8 Å². The Bertz CT molecular complexity index is 375. The van der Waals surface area contributed by atoms with Crippen molar-refractivity contribution in [3.63, 3.8) is 0 Å². The van der Waals surface area contributed by atoms with E-state index in [1.807, 2.05) is 18.2 Å². The molecule has 1 fully saturated rings. The maximum Gasteiger partial charge on any atom is 0.231 e. The van der Waals surface area contributed by atoms with Crippen molar-refractivity contribution in [3.05, 3.63) is 18.2 Å². The van der Waals surface area contributed by atoms with Gasteiger partial charge in [0, 0.05) is 24.3 Å². The first-order chi connectivity index (χ1) is 7.92. The third-order valence-corrected chi connectivity index (χ3v) is 3.04. The molecule has 2 heterocycles. The monoisotopic (exact) mass is 220 g/mol. The molecule has 86 valence electrons. The van der Waals surface area contributed by atoms with Gasteiger partial charge in [-0.15, -0.1) is 0 Å². The molecule has 3 rings (SSSR count). The molecule has 16 heavy (non-hydrogen) atoms. The third-order valence-electron chi connectivity index (χ3n) is 3.04. The molecule has 1 aromatic carbocycles. The van der Waals surface area contributed by atoms with Crippen LogP contribution in [-0.2, 0) is 0 Å². The van der Waals surface area contributed by atoms with Crippen LogP contribution in [0.4, 0.5) is 5.69 Å². The Kier molecular flexibility index (Phi) is 2.58. The predicted molar refractivity (Wildman–Crippen MR) is 62.1 cm³/mol. The Hall–Kier alpha value is -1.42. The summed E-state index contributed by atoms with van der Waals surface area (Å²) in [6, 6.07) is 6.54. The van der Waals surface area contributed by atoms with Crippen LogP contribution in [0.2, 0.25) is 0 Å². The van der Waals surface area contributed by atoms with Gasteiger partial charge in [-0.2, -0.15) is 0 Å². The number of ether oxygens (including phenoxy) is 2. The number of piperidine rings is 1. The van der Waals surface area contributed by atoms with Crippen molar-refractivity contribution in [1.82, 2.24) is 5.32 Å². The summed E-state index contributed by atoms with van der Waals surface area (Å²) in [6.07, 6.45) is 2.46. The highest BCUT2D eigenvalue weighted by atomic mass is 16.7. The number of benzene rings is 1. The predicted octanol–water partition coefficient (Wildman–Crippen LogP) is 1.58. The summed E-state index contributed by atoms with van der Waals surface area (Å²) in [5.41, 5.74) is 1.11. The van der Waals surface area contributed by atoms with Crippen LogP contribution in [0.15, 0.2) is 18.2 Å². The van der Waals surface area contributed by atoms with E-state index in [1.165, 1.54) is 12.8 Å². The Morgan fingerprint density at radius 2 is 2.19 bits per heavy atom. The zero-order valence-electron chi connectivity index (χ0n) is 9.16. The average Bonchev–Trinajstić information content (AvgIpc) is 2.77. The lowest BCUT2D eigenvalue weighted by molar-refractivity contribution is 0.174. The fourth-order valence-corrected chi connectivity index (χ4v) is 2.20. The van der Waals surface area contributed by atoms with Gasteiger partial charge >= 0.3 is 0 Å². The van der Waals surface area contributed by atoms with E-state index in [0.29, 0.717) is 12.8 Å². The highest BCUT2D eigenvalue weighted by molar-refractivity contribution is 5.56. The second-order valence-corrected chi connectivity index (χ2v) is 4.26. The largest absolute Gasteiger partial charge is 0.454 e. The Morgan fingerprint density at radius 3 is 3.06 bits per heavy atom. The van der Waals surface area contributed by atoms with E-state index >= 15 is 0 Å². The lowest BCUT2D eigenvalue weighted by Crippen LogP contribution is -2.38. The van der Waals surface area contributed by atoms with Crippen molar-refractivity contribution in [2.24, 2.45) is 0 Å². The number of anilines is 1. The molecular weight excluding hydrogens is 204 g/mol. The standard InChI is InChI=1S/C12H16N2O2/c1-2-10(7-13-5-1)14-9-3-4-11-12(6-9)16-8-15-11/h3-4,6,10,13-14H,1-2,5,7-8H2/t10-/m0/s1. The molecule has 2 N–H and O–H groups in total. The van der Waals surface area contributed by atoms with Crippen LogP contribution in [0.5, 0.6) is 11.5 Å². The molecule has 0 saturated carbocycles. The number of nitrogens with one attached hydrogen (secondary N) is 2. The molecule has 2 aliphatic heterocycles. The van der Waals surface area contributed by atoms with Crippen LogP contribution in [0.3, 0.4) is 0 Å². The summed E-state index contributed by atoms with van der Waals surface area (Å²) < 4.78 is 10.6. The molecule has 1 saturated heterocycles. The van der Waals surface area contributed by atoms with E-state index < -0.39 is 0 Å². The Labute approximate surface area is 94.9 Å². The highest BCUT2D eigenvalue weighted by Gasteiger charge is 2.16. The van der Waals surface area contributed by atoms with Crippen molar-refractivity contribution in [3.8, 4) is 11.5 Å². The van der Waals surface area contributed by atoms with Gasteiger partial charge in [0.15, 0.2) is 11.5 Å². The van der Waals surface area contributed by atoms with E-state index in [2.05, 4.69) is 10.6 Å². The molecule has 0 amide bonds. The summed E-state index contributed by atoms with van der Waals surface area (Å²) in [6.45, 7) is 2.51. The van der Waals surface area contributed by atoms with E-state index in [9.17, 15) is 0 Å². The van der Waals surface area contributed by atoms with Crippen molar-refractivity contribution in [2.45, 2.75) is 18.9 Å². The van der Waals surface area contributed by atoms with Crippen LogP contribution < -0.4 is 20.1 Å². The summed E-state index contributed by atoms with van der Waals surface area (Å²) >= 11 is 0. The molecule has 0 unspecified atom stereocenters. The molecule has 1 aromatic rings. The van der Waals surface area contributed by atoms with E-state index in [1.54, 1.807) is 0 Å². The molecule has 0 spiro atoms. The fraction of sp³-hybridized carbons (Fsp3) is 0.500. The summed E-state index contributed by atoms with van der Waals surface area (Å²) in [5, 5.41) is 6.90.